The molecule has 1 rings (SSSR count). The van der Waals surface area contributed by atoms with E-state index in [-0.39, 0.29) is 17.9 Å². The summed E-state index contributed by atoms with van der Waals surface area (Å²) in [6, 6.07) is 5.15. The lowest BCUT2D eigenvalue weighted by molar-refractivity contribution is -0.123. The minimum atomic E-state index is -3.23. The lowest BCUT2D eigenvalue weighted by atomic mass is 10.1. The molecule has 130 valence electrons. The molecule has 0 fully saturated rings. The van der Waals surface area contributed by atoms with Gasteiger partial charge in [0.1, 0.15) is 0 Å². The Morgan fingerprint density at radius 1 is 1.29 bits per heavy atom. The van der Waals surface area contributed by atoms with Crippen LogP contribution in [0, 0.1) is 0 Å². The summed E-state index contributed by atoms with van der Waals surface area (Å²) in [5.74, 6) is -1.80. The number of urea groups is 1. The standard InChI is InChI=1S/C15H18N2O6S/c1-3-7-16-15(20)17-13(18)9-23-14(19)12-6-4-5-11(8-12)10-24(2,21)22/h3-6,8H,1,7,9-10H2,2H3,(H2,16,17,18,20). The molecule has 1 aromatic rings. The molecule has 0 bridgehead atoms. The molecule has 0 radical (unpaired) electrons. The van der Waals surface area contributed by atoms with Crippen LogP contribution in [0.15, 0.2) is 36.9 Å². The molecule has 0 unspecified atom stereocenters. The second kappa shape index (κ2) is 8.82. The number of nitrogens with one attached hydrogen (secondary N) is 2. The van der Waals surface area contributed by atoms with Gasteiger partial charge in [0, 0.05) is 12.8 Å². The van der Waals surface area contributed by atoms with E-state index in [2.05, 4.69) is 11.9 Å². The van der Waals surface area contributed by atoms with Gasteiger partial charge in [0.05, 0.1) is 11.3 Å². The molecular formula is C15H18N2O6S. The van der Waals surface area contributed by atoms with Crippen molar-refractivity contribution >= 4 is 27.7 Å². The van der Waals surface area contributed by atoms with Crippen molar-refractivity contribution in [3.05, 3.63) is 48.0 Å². The third-order valence-electron chi connectivity index (χ3n) is 2.59. The van der Waals surface area contributed by atoms with Crippen LogP contribution in [0.1, 0.15) is 15.9 Å². The lowest BCUT2D eigenvalue weighted by Gasteiger charge is -2.07. The fraction of sp³-hybridized carbons (Fsp3) is 0.267. The number of carbonyl (C=O) groups is 3. The summed E-state index contributed by atoms with van der Waals surface area (Å²) in [7, 11) is -3.23. The van der Waals surface area contributed by atoms with Gasteiger partial charge < -0.3 is 10.1 Å². The van der Waals surface area contributed by atoms with Crippen molar-refractivity contribution in [3.63, 3.8) is 0 Å². The third-order valence-corrected chi connectivity index (χ3v) is 3.44. The van der Waals surface area contributed by atoms with Gasteiger partial charge in [0.25, 0.3) is 5.91 Å². The van der Waals surface area contributed by atoms with Gasteiger partial charge in [-0.1, -0.05) is 18.2 Å². The molecule has 0 heterocycles. The Labute approximate surface area is 139 Å². The van der Waals surface area contributed by atoms with Crippen LogP contribution >= 0.6 is 0 Å². The monoisotopic (exact) mass is 354 g/mol. The van der Waals surface area contributed by atoms with Crippen LogP contribution in [0.25, 0.3) is 0 Å². The summed E-state index contributed by atoms with van der Waals surface area (Å²) in [5.41, 5.74) is 0.542. The highest BCUT2D eigenvalue weighted by atomic mass is 32.2. The predicted octanol–water partition coefficient (Wildman–Crippen LogP) is 0.400. The first-order valence-electron chi connectivity index (χ1n) is 6.83. The van der Waals surface area contributed by atoms with Crippen LogP contribution in [-0.2, 0) is 25.1 Å². The minimum Gasteiger partial charge on any atom is -0.452 e. The van der Waals surface area contributed by atoms with Gasteiger partial charge in [0.2, 0.25) is 0 Å². The maximum Gasteiger partial charge on any atom is 0.338 e. The molecule has 0 atom stereocenters. The van der Waals surface area contributed by atoms with Crippen LogP contribution < -0.4 is 10.6 Å². The zero-order valence-corrected chi connectivity index (χ0v) is 13.9. The van der Waals surface area contributed by atoms with E-state index in [0.717, 1.165) is 6.26 Å². The summed E-state index contributed by atoms with van der Waals surface area (Å²) in [5, 5.41) is 4.30. The molecule has 0 aliphatic heterocycles. The first-order valence-corrected chi connectivity index (χ1v) is 8.89. The van der Waals surface area contributed by atoms with Crippen molar-refractivity contribution < 1.29 is 27.5 Å². The fourth-order valence-electron chi connectivity index (χ4n) is 1.68. The predicted molar refractivity (Wildman–Crippen MR) is 87.0 cm³/mol. The van der Waals surface area contributed by atoms with E-state index in [9.17, 15) is 22.8 Å². The van der Waals surface area contributed by atoms with E-state index in [4.69, 9.17) is 4.74 Å². The molecular weight excluding hydrogens is 336 g/mol. The summed E-state index contributed by atoms with van der Waals surface area (Å²) in [6.07, 6.45) is 2.52. The van der Waals surface area contributed by atoms with Gasteiger partial charge in [-0.25, -0.2) is 18.0 Å². The molecule has 0 aliphatic rings. The SMILES string of the molecule is C=CCNC(=O)NC(=O)COC(=O)c1cccc(CS(C)(=O)=O)c1. The fourth-order valence-corrected chi connectivity index (χ4v) is 2.46. The Hall–Kier alpha value is -2.68. The second-order valence-electron chi connectivity index (χ2n) is 4.89. The summed E-state index contributed by atoms with van der Waals surface area (Å²) in [6.45, 7) is 2.94. The number of benzene rings is 1. The highest BCUT2D eigenvalue weighted by Gasteiger charge is 2.13. The van der Waals surface area contributed by atoms with Crippen LogP contribution in [0.2, 0.25) is 0 Å². The average Bonchev–Trinajstić information content (AvgIpc) is 2.49. The Morgan fingerprint density at radius 3 is 2.62 bits per heavy atom. The van der Waals surface area contributed by atoms with Crippen LogP contribution in [0.4, 0.5) is 4.79 Å². The van der Waals surface area contributed by atoms with Crippen molar-refractivity contribution in [2.45, 2.75) is 5.75 Å². The molecule has 3 amide bonds. The molecule has 0 spiro atoms. The average molecular weight is 354 g/mol. The van der Waals surface area contributed by atoms with Crippen molar-refractivity contribution in [2.24, 2.45) is 0 Å². The Bertz CT molecular complexity index is 742. The van der Waals surface area contributed by atoms with Crippen molar-refractivity contribution in [3.8, 4) is 0 Å². The number of carbonyl (C=O) groups excluding carboxylic acids is 3. The molecule has 24 heavy (non-hydrogen) atoms. The zero-order valence-electron chi connectivity index (χ0n) is 13.1. The summed E-state index contributed by atoms with van der Waals surface area (Å²) in [4.78, 5) is 34.5. The van der Waals surface area contributed by atoms with E-state index < -0.39 is 34.4 Å². The number of esters is 1. The van der Waals surface area contributed by atoms with E-state index in [0.29, 0.717) is 5.56 Å². The smallest absolute Gasteiger partial charge is 0.338 e. The summed E-state index contributed by atoms with van der Waals surface area (Å²) >= 11 is 0. The normalized spacial score (nSPS) is 10.5. The molecule has 0 saturated carbocycles. The second-order valence-corrected chi connectivity index (χ2v) is 7.03. The van der Waals surface area contributed by atoms with Gasteiger partial charge in [-0.15, -0.1) is 6.58 Å². The maximum absolute atomic E-state index is 11.9. The number of rotatable bonds is 7. The summed E-state index contributed by atoms with van der Waals surface area (Å²) < 4.78 is 27.3. The quantitative estimate of drug-likeness (QED) is 0.540. The molecule has 0 aromatic heterocycles. The van der Waals surface area contributed by atoms with Crippen LogP contribution in [0.3, 0.4) is 0 Å². The van der Waals surface area contributed by atoms with Crippen LogP contribution in [0.5, 0.6) is 0 Å². The van der Waals surface area contributed by atoms with Crippen molar-refractivity contribution in [1.82, 2.24) is 10.6 Å². The Balaban J connectivity index is 2.56. The van der Waals surface area contributed by atoms with Gasteiger partial charge in [-0.2, -0.15) is 0 Å². The van der Waals surface area contributed by atoms with Gasteiger partial charge in [0.15, 0.2) is 16.4 Å². The highest BCUT2D eigenvalue weighted by Crippen LogP contribution is 2.10. The van der Waals surface area contributed by atoms with Gasteiger partial charge in [-0.3, -0.25) is 10.1 Å². The highest BCUT2D eigenvalue weighted by molar-refractivity contribution is 7.89. The number of ether oxygens (including phenoxy) is 1. The van der Waals surface area contributed by atoms with E-state index in [1.807, 2.05) is 5.32 Å². The molecule has 8 nitrogen and oxygen atoms in total. The largest absolute Gasteiger partial charge is 0.452 e. The van der Waals surface area contributed by atoms with E-state index >= 15 is 0 Å². The first-order chi connectivity index (χ1) is 11.2. The molecule has 0 aliphatic carbocycles. The van der Waals surface area contributed by atoms with Gasteiger partial charge >= 0.3 is 12.0 Å². The maximum atomic E-state index is 11.9. The molecule has 1 aromatic carbocycles. The molecule has 0 saturated heterocycles. The Kier molecular flexibility index (Phi) is 7.12. The number of sulfone groups is 1. The van der Waals surface area contributed by atoms with E-state index in [1.54, 1.807) is 6.07 Å². The third kappa shape index (κ3) is 7.54. The number of hydrogen-bond donors (Lipinski definition) is 2. The number of amides is 3. The van der Waals surface area contributed by atoms with E-state index in [1.165, 1.54) is 24.3 Å². The van der Waals surface area contributed by atoms with Crippen molar-refractivity contribution in [2.75, 3.05) is 19.4 Å². The molecule has 9 heteroatoms. The van der Waals surface area contributed by atoms with Crippen LogP contribution in [-0.4, -0.2) is 45.7 Å². The first kappa shape index (κ1) is 19.4. The lowest BCUT2D eigenvalue weighted by Crippen LogP contribution is -2.41. The zero-order chi connectivity index (χ0) is 18.2. The number of hydrogen-bond acceptors (Lipinski definition) is 6. The minimum absolute atomic E-state index is 0.111. The van der Waals surface area contributed by atoms with Crippen molar-refractivity contribution in [1.29, 1.82) is 0 Å². The molecule has 2 N–H and O–H groups in total. The van der Waals surface area contributed by atoms with Gasteiger partial charge in [-0.05, 0) is 17.7 Å². The number of imide groups is 1. The topological polar surface area (TPSA) is 119 Å². The Morgan fingerprint density at radius 2 is 2.00 bits per heavy atom.